The molecule has 2 rings (SSSR count). The van der Waals surface area contributed by atoms with Crippen LogP contribution >= 0.6 is 0 Å². The molecule has 1 fully saturated rings. The Balaban J connectivity index is 1.87. The molecule has 0 bridgehead atoms. The van der Waals surface area contributed by atoms with Crippen molar-refractivity contribution in [3.05, 3.63) is 30.1 Å². The van der Waals surface area contributed by atoms with Crippen molar-refractivity contribution in [3.8, 4) is 0 Å². The van der Waals surface area contributed by atoms with Crippen LogP contribution < -0.4 is 5.32 Å². The van der Waals surface area contributed by atoms with Gasteiger partial charge in [-0.25, -0.2) is 0 Å². The molecule has 0 spiro atoms. The van der Waals surface area contributed by atoms with Gasteiger partial charge in [0, 0.05) is 30.9 Å². The number of aromatic nitrogens is 1. The van der Waals surface area contributed by atoms with Crippen LogP contribution in [0.2, 0.25) is 0 Å². The van der Waals surface area contributed by atoms with E-state index >= 15 is 0 Å². The highest BCUT2D eigenvalue weighted by molar-refractivity contribution is 5.07. The molecular formula is C13H20N2O. The fourth-order valence-electron chi connectivity index (χ4n) is 1.97. The summed E-state index contributed by atoms with van der Waals surface area (Å²) in [6, 6.07) is 6.52. The van der Waals surface area contributed by atoms with E-state index in [9.17, 15) is 5.11 Å². The zero-order chi connectivity index (χ0) is 11.4. The van der Waals surface area contributed by atoms with Gasteiger partial charge in [0.25, 0.3) is 0 Å². The molecular weight excluding hydrogens is 200 g/mol. The number of aliphatic hydroxyl groups is 1. The van der Waals surface area contributed by atoms with E-state index in [1.807, 2.05) is 25.3 Å². The number of nitrogens with one attached hydrogen (secondary N) is 1. The van der Waals surface area contributed by atoms with Gasteiger partial charge in [-0.1, -0.05) is 6.07 Å². The van der Waals surface area contributed by atoms with Gasteiger partial charge in [0.1, 0.15) is 0 Å². The molecule has 1 aliphatic carbocycles. The molecule has 1 saturated carbocycles. The average Bonchev–Trinajstić information content (AvgIpc) is 3.09. The van der Waals surface area contributed by atoms with E-state index in [1.54, 1.807) is 0 Å². The smallest absolute Gasteiger partial charge is 0.0636 e. The third kappa shape index (κ3) is 3.58. The maximum Gasteiger partial charge on any atom is 0.0636 e. The summed E-state index contributed by atoms with van der Waals surface area (Å²) in [6.07, 6.45) is 5.16. The Bertz CT molecular complexity index is 309. The molecule has 0 saturated heterocycles. The van der Waals surface area contributed by atoms with Crippen molar-refractivity contribution in [2.24, 2.45) is 5.92 Å². The predicted molar refractivity (Wildman–Crippen MR) is 64.1 cm³/mol. The summed E-state index contributed by atoms with van der Waals surface area (Å²) in [5.74, 6) is 0.778. The SMILES string of the molecule is C[C@@H](O)CNC(Cc1ccccn1)C1CC1. The van der Waals surface area contributed by atoms with Crippen LogP contribution in [0.4, 0.5) is 0 Å². The van der Waals surface area contributed by atoms with Gasteiger partial charge >= 0.3 is 0 Å². The largest absolute Gasteiger partial charge is 0.392 e. The van der Waals surface area contributed by atoms with Crippen molar-refractivity contribution in [2.75, 3.05) is 6.54 Å². The quantitative estimate of drug-likeness (QED) is 0.761. The van der Waals surface area contributed by atoms with Crippen LogP contribution in [-0.2, 0) is 6.42 Å². The van der Waals surface area contributed by atoms with Crippen LogP contribution in [0.3, 0.4) is 0 Å². The Labute approximate surface area is 96.9 Å². The first-order valence-corrected chi connectivity index (χ1v) is 6.07. The number of hydrogen-bond donors (Lipinski definition) is 2. The van der Waals surface area contributed by atoms with Crippen LogP contribution in [0, 0.1) is 5.92 Å². The Morgan fingerprint density at radius 3 is 2.88 bits per heavy atom. The molecule has 3 nitrogen and oxygen atoms in total. The van der Waals surface area contributed by atoms with E-state index in [0.717, 1.165) is 18.0 Å². The zero-order valence-electron chi connectivity index (χ0n) is 9.76. The van der Waals surface area contributed by atoms with E-state index in [2.05, 4.69) is 16.4 Å². The Morgan fingerprint density at radius 1 is 1.50 bits per heavy atom. The van der Waals surface area contributed by atoms with Gasteiger partial charge in [0.15, 0.2) is 0 Å². The highest BCUT2D eigenvalue weighted by atomic mass is 16.3. The second-order valence-electron chi connectivity index (χ2n) is 4.73. The number of aliphatic hydroxyl groups excluding tert-OH is 1. The van der Waals surface area contributed by atoms with Gasteiger partial charge < -0.3 is 10.4 Å². The lowest BCUT2D eigenvalue weighted by Gasteiger charge is -2.18. The Morgan fingerprint density at radius 2 is 2.31 bits per heavy atom. The Kier molecular flexibility index (Phi) is 3.91. The van der Waals surface area contributed by atoms with Crippen molar-refractivity contribution < 1.29 is 5.11 Å². The molecule has 88 valence electrons. The van der Waals surface area contributed by atoms with Crippen LogP contribution in [0.15, 0.2) is 24.4 Å². The van der Waals surface area contributed by atoms with Gasteiger partial charge in [-0.15, -0.1) is 0 Å². The van der Waals surface area contributed by atoms with Gasteiger partial charge in [-0.05, 0) is 37.8 Å². The summed E-state index contributed by atoms with van der Waals surface area (Å²) in [6.45, 7) is 2.49. The molecule has 1 heterocycles. The lowest BCUT2D eigenvalue weighted by Crippen LogP contribution is -2.37. The minimum absolute atomic E-state index is 0.273. The van der Waals surface area contributed by atoms with E-state index in [4.69, 9.17) is 0 Å². The first kappa shape index (κ1) is 11.6. The van der Waals surface area contributed by atoms with Crippen molar-refractivity contribution in [1.82, 2.24) is 10.3 Å². The molecule has 3 heteroatoms. The maximum atomic E-state index is 9.29. The third-order valence-electron chi connectivity index (χ3n) is 3.02. The normalized spacial score (nSPS) is 19.4. The second kappa shape index (κ2) is 5.41. The predicted octanol–water partition coefficient (Wildman–Crippen LogP) is 1.37. The number of nitrogens with zero attached hydrogens (tertiary/aromatic N) is 1. The van der Waals surface area contributed by atoms with E-state index in [1.165, 1.54) is 12.8 Å². The van der Waals surface area contributed by atoms with Gasteiger partial charge in [-0.2, -0.15) is 0 Å². The first-order valence-electron chi connectivity index (χ1n) is 6.07. The van der Waals surface area contributed by atoms with Crippen LogP contribution in [-0.4, -0.2) is 28.8 Å². The summed E-state index contributed by atoms with van der Waals surface area (Å²) in [4.78, 5) is 4.35. The second-order valence-corrected chi connectivity index (χ2v) is 4.73. The first-order chi connectivity index (χ1) is 7.75. The van der Waals surface area contributed by atoms with Gasteiger partial charge in [0.2, 0.25) is 0 Å². The average molecular weight is 220 g/mol. The zero-order valence-corrected chi connectivity index (χ0v) is 9.76. The minimum Gasteiger partial charge on any atom is -0.392 e. The van der Waals surface area contributed by atoms with Gasteiger partial charge in [-0.3, -0.25) is 4.98 Å². The lowest BCUT2D eigenvalue weighted by molar-refractivity contribution is 0.184. The summed E-state index contributed by atoms with van der Waals surface area (Å²) in [5.41, 5.74) is 1.14. The van der Waals surface area contributed by atoms with E-state index in [-0.39, 0.29) is 6.10 Å². The molecule has 0 amide bonds. The van der Waals surface area contributed by atoms with Crippen LogP contribution in [0.1, 0.15) is 25.5 Å². The van der Waals surface area contributed by atoms with E-state index in [0.29, 0.717) is 12.6 Å². The Hall–Kier alpha value is -0.930. The topological polar surface area (TPSA) is 45.1 Å². The van der Waals surface area contributed by atoms with Crippen LogP contribution in [0.5, 0.6) is 0 Å². The molecule has 0 radical (unpaired) electrons. The molecule has 2 N–H and O–H groups in total. The van der Waals surface area contributed by atoms with Crippen molar-refractivity contribution in [3.63, 3.8) is 0 Å². The van der Waals surface area contributed by atoms with Crippen LogP contribution in [0.25, 0.3) is 0 Å². The minimum atomic E-state index is -0.273. The highest BCUT2D eigenvalue weighted by Crippen LogP contribution is 2.33. The molecule has 16 heavy (non-hydrogen) atoms. The van der Waals surface area contributed by atoms with Crippen molar-refractivity contribution >= 4 is 0 Å². The molecule has 0 aromatic carbocycles. The summed E-state index contributed by atoms with van der Waals surface area (Å²) < 4.78 is 0. The van der Waals surface area contributed by atoms with Crippen molar-refractivity contribution in [2.45, 2.75) is 38.3 Å². The standard InChI is InChI=1S/C13H20N2O/c1-10(16)9-15-13(11-5-6-11)8-12-4-2-3-7-14-12/h2-4,7,10-11,13,15-16H,5-6,8-9H2,1H3/t10-,13?/m1/s1. The maximum absolute atomic E-state index is 9.29. The molecule has 2 atom stereocenters. The highest BCUT2D eigenvalue weighted by Gasteiger charge is 2.31. The molecule has 1 aliphatic rings. The van der Waals surface area contributed by atoms with Crippen molar-refractivity contribution in [1.29, 1.82) is 0 Å². The van der Waals surface area contributed by atoms with Gasteiger partial charge in [0.05, 0.1) is 6.10 Å². The van der Waals surface area contributed by atoms with E-state index < -0.39 is 0 Å². The molecule has 1 unspecified atom stereocenters. The summed E-state index contributed by atoms with van der Waals surface area (Å²) >= 11 is 0. The fraction of sp³-hybridized carbons (Fsp3) is 0.615. The monoisotopic (exact) mass is 220 g/mol. The molecule has 0 aliphatic heterocycles. The third-order valence-corrected chi connectivity index (χ3v) is 3.02. The summed E-state index contributed by atoms with van der Waals surface area (Å²) in [5, 5.41) is 12.7. The summed E-state index contributed by atoms with van der Waals surface area (Å²) in [7, 11) is 0. The number of hydrogen-bond acceptors (Lipinski definition) is 3. The molecule has 1 aromatic heterocycles. The fourth-order valence-corrected chi connectivity index (χ4v) is 1.97. The number of pyridine rings is 1. The molecule has 1 aromatic rings. The lowest BCUT2D eigenvalue weighted by atomic mass is 10.1. The number of rotatable bonds is 6.